The Balaban J connectivity index is 1.26. The van der Waals surface area contributed by atoms with Crippen molar-refractivity contribution in [2.45, 2.75) is 19.4 Å². The van der Waals surface area contributed by atoms with Gasteiger partial charge in [0.05, 0.1) is 6.42 Å². The molecule has 0 N–H and O–H groups in total. The first-order valence-electron chi connectivity index (χ1n) is 8.30. The van der Waals surface area contributed by atoms with Crippen LogP contribution in [0.2, 0.25) is 0 Å². The van der Waals surface area contributed by atoms with Crippen LogP contribution >= 0.6 is 11.3 Å². The van der Waals surface area contributed by atoms with Crippen LogP contribution in [0.1, 0.15) is 18.1 Å². The van der Waals surface area contributed by atoms with E-state index in [1.54, 1.807) is 17.4 Å². The average Bonchev–Trinajstić information content (AvgIpc) is 3.47. The lowest BCUT2D eigenvalue weighted by Gasteiger charge is -2.00. The van der Waals surface area contributed by atoms with E-state index >= 15 is 0 Å². The third kappa shape index (κ3) is 4.29. The predicted octanol–water partition coefficient (Wildman–Crippen LogP) is 4.13. The minimum absolute atomic E-state index is 0.0304. The van der Waals surface area contributed by atoms with Gasteiger partial charge in [-0.1, -0.05) is 40.6 Å². The van der Waals surface area contributed by atoms with Crippen molar-refractivity contribution in [2.75, 3.05) is 0 Å². The van der Waals surface area contributed by atoms with Gasteiger partial charge in [-0.3, -0.25) is 4.79 Å². The van der Waals surface area contributed by atoms with Gasteiger partial charge in [-0.15, -0.1) is 0 Å². The molecule has 8 heteroatoms. The molecule has 0 aliphatic carbocycles. The smallest absolute Gasteiger partial charge is 0.306 e. The zero-order valence-electron chi connectivity index (χ0n) is 14.2. The van der Waals surface area contributed by atoms with Crippen LogP contribution in [0.4, 0.5) is 0 Å². The van der Waals surface area contributed by atoms with Crippen molar-refractivity contribution >= 4 is 17.3 Å². The molecular formula is C19H15N3O4S. The lowest BCUT2D eigenvalue weighted by atomic mass is 10.1. The number of nitrogens with zero attached hydrogens (tertiary/aromatic N) is 3. The molecule has 0 saturated carbocycles. The maximum atomic E-state index is 11.9. The highest BCUT2D eigenvalue weighted by Gasteiger charge is 2.13. The van der Waals surface area contributed by atoms with Crippen molar-refractivity contribution in [1.82, 2.24) is 15.3 Å². The van der Waals surface area contributed by atoms with Gasteiger partial charge in [-0.25, -0.2) is 0 Å². The van der Waals surface area contributed by atoms with Crippen molar-refractivity contribution in [2.24, 2.45) is 0 Å². The minimum atomic E-state index is -0.372. The molecule has 0 bridgehead atoms. The SMILES string of the molecule is O=C(CCc1nc(-c2ccsc2)no1)OCc1cc(-c2ccccc2)no1. The van der Waals surface area contributed by atoms with Crippen LogP contribution in [0.3, 0.4) is 0 Å². The molecule has 0 radical (unpaired) electrons. The summed E-state index contributed by atoms with van der Waals surface area (Å²) in [5.74, 6) is 1.04. The summed E-state index contributed by atoms with van der Waals surface area (Å²) >= 11 is 1.56. The lowest BCUT2D eigenvalue weighted by Crippen LogP contribution is -2.05. The van der Waals surface area contributed by atoms with Crippen molar-refractivity contribution < 1.29 is 18.6 Å². The number of hydrogen-bond acceptors (Lipinski definition) is 8. The van der Waals surface area contributed by atoms with E-state index in [-0.39, 0.29) is 19.0 Å². The van der Waals surface area contributed by atoms with Gasteiger partial charge in [0.1, 0.15) is 5.69 Å². The van der Waals surface area contributed by atoms with E-state index in [9.17, 15) is 4.79 Å². The second kappa shape index (κ2) is 7.96. The van der Waals surface area contributed by atoms with E-state index in [4.69, 9.17) is 13.8 Å². The molecule has 0 aliphatic heterocycles. The Hall–Kier alpha value is -3.26. The normalized spacial score (nSPS) is 10.8. The number of carbonyl (C=O) groups excluding carboxylic acids is 1. The number of rotatable bonds is 7. The molecule has 0 fully saturated rings. The van der Waals surface area contributed by atoms with E-state index in [0.717, 1.165) is 11.1 Å². The number of aromatic nitrogens is 3. The Labute approximate surface area is 158 Å². The Morgan fingerprint density at radius 3 is 2.78 bits per heavy atom. The zero-order valence-corrected chi connectivity index (χ0v) is 15.0. The molecule has 1 aromatic carbocycles. The molecule has 7 nitrogen and oxygen atoms in total. The lowest BCUT2D eigenvalue weighted by molar-refractivity contribution is -0.145. The van der Waals surface area contributed by atoms with Crippen LogP contribution in [0.5, 0.6) is 0 Å². The monoisotopic (exact) mass is 381 g/mol. The number of aryl methyl sites for hydroxylation is 1. The minimum Gasteiger partial charge on any atom is -0.457 e. The van der Waals surface area contributed by atoms with Crippen molar-refractivity contribution in [3.8, 4) is 22.6 Å². The molecule has 4 aromatic rings. The fourth-order valence-electron chi connectivity index (χ4n) is 2.42. The van der Waals surface area contributed by atoms with E-state index in [2.05, 4.69) is 15.3 Å². The van der Waals surface area contributed by atoms with Gasteiger partial charge in [0.15, 0.2) is 12.4 Å². The molecule has 136 valence electrons. The summed E-state index contributed by atoms with van der Waals surface area (Å²) in [6, 6.07) is 13.3. The topological polar surface area (TPSA) is 91.2 Å². The number of hydrogen-bond donors (Lipinski definition) is 0. The second-order valence-electron chi connectivity index (χ2n) is 5.73. The summed E-state index contributed by atoms with van der Waals surface area (Å²) in [5, 5.41) is 11.8. The van der Waals surface area contributed by atoms with Gasteiger partial charge >= 0.3 is 5.97 Å². The number of benzene rings is 1. The zero-order chi connectivity index (χ0) is 18.5. The maximum absolute atomic E-state index is 11.9. The van der Waals surface area contributed by atoms with Crippen LogP contribution < -0.4 is 0 Å². The van der Waals surface area contributed by atoms with Crippen LogP contribution in [0, 0.1) is 0 Å². The Bertz CT molecular complexity index is 1010. The highest BCUT2D eigenvalue weighted by Crippen LogP contribution is 2.20. The standard InChI is InChI=1S/C19H15N3O4S/c23-18(7-6-17-20-19(22-26-17)14-8-9-27-12-14)24-11-15-10-16(21-25-15)13-4-2-1-3-5-13/h1-5,8-10,12H,6-7,11H2. The third-order valence-corrected chi connectivity index (χ3v) is 4.48. The van der Waals surface area contributed by atoms with Crippen molar-refractivity contribution in [3.05, 3.63) is 64.9 Å². The average molecular weight is 381 g/mol. The molecule has 27 heavy (non-hydrogen) atoms. The first-order chi connectivity index (χ1) is 13.3. The van der Waals surface area contributed by atoms with Gasteiger partial charge in [0, 0.05) is 29.0 Å². The summed E-state index contributed by atoms with van der Waals surface area (Å²) in [4.78, 5) is 16.2. The van der Waals surface area contributed by atoms with Gasteiger partial charge in [-0.05, 0) is 11.4 Å². The van der Waals surface area contributed by atoms with Crippen LogP contribution in [-0.2, 0) is 22.6 Å². The van der Waals surface area contributed by atoms with Crippen molar-refractivity contribution in [1.29, 1.82) is 0 Å². The molecule has 0 atom stereocenters. The first kappa shape index (κ1) is 17.2. The molecular weight excluding hydrogens is 366 g/mol. The molecule has 3 heterocycles. The molecule has 3 aromatic heterocycles. The van der Waals surface area contributed by atoms with Crippen LogP contribution in [0.25, 0.3) is 22.6 Å². The Morgan fingerprint density at radius 2 is 1.96 bits per heavy atom. The number of thiophene rings is 1. The molecule has 0 spiro atoms. The van der Waals surface area contributed by atoms with Crippen LogP contribution in [-0.4, -0.2) is 21.3 Å². The fourth-order valence-corrected chi connectivity index (χ4v) is 3.06. The third-order valence-electron chi connectivity index (χ3n) is 3.79. The van der Waals surface area contributed by atoms with Crippen molar-refractivity contribution in [3.63, 3.8) is 0 Å². The van der Waals surface area contributed by atoms with Gasteiger partial charge in [0.2, 0.25) is 11.7 Å². The van der Waals surface area contributed by atoms with Gasteiger partial charge in [0.25, 0.3) is 0 Å². The van der Waals surface area contributed by atoms with E-state index in [1.165, 1.54) is 0 Å². The summed E-state index contributed by atoms with van der Waals surface area (Å²) in [6.07, 6.45) is 0.465. The Morgan fingerprint density at radius 1 is 1.07 bits per heavy atom. The first-order valence-corrected chi connectivity index (χ1v) is 9.24. The fraction of sp³-hybridized carbons (Fsp3) is 0.158. The van der Waals surface area contributed by atoms with E-state index in [1.807, 2.05) is 47.2 Å². The van der Waals surface area contributed by atoms with Gasteiger partial charge < -0.3 is 13.8 Å². The maximum Gasteiger partial charge on any atom is 0.306 e. The largest absolute Gasteiger partial charge is 0.457 e. The molecule has 0 amide bonds. The number of carbonyl (C=O) groups is 1. The summed E-state index contributed by atoms with van der Waals surface area (Å²) in [7, 11) is 0. The highest BCUT2D eigenvalue weighted by atomic mass is 32.1. The van der Waals surface area contributed by atoms with E-state index < -0.39 is 0 Å². The molecule has 4 rings (SSSR count). The second-order valence-corrected chi connectivity index (χ2v) is 6.51. The van der Waals surface area contributed by atoms with E-state index in [0.29, 0.717) is 29.6 Å². The number of ether oxygens (including phenoxy) is 1. The summed E-state index contributed by atoms with van der Waals surface area (Å²) in [6.45, 7) is 0.0304. The Kier molecular flexibility index (Phi) is 5.06. The van der Waals surface area contributed by atoms with Gasteiger partial charge in [-0.2, -0.15) is 16.3 Å². The quantitative estimate of drug-likeness (QED) is 0.445. The molecule has 0 unspecified atom stereocenters. The highest BCUT2D eigenvalue weighted by molar-refractivity contribution is 7.08. The molecule has 0 aliphatic rings. The van der Waals surface area contributed by atoms with Crippen LogP contribution in [0.15, 0.2) is 62.3 Å². The number of esters is 1. The molecule has 0 saturated heterocycles. The predicted molar refractivity (Wildman–Crippen MR) is 97.7 cm³/mol. The summed E-state index contributed by atoms with van der Waals surface area (Å²) < 4.78 is 15.6. The summed E-state index contributed by atoms with van der Waals surface area (Å²) in [5.41, 5.74) is 2.54.